The third-order valence-electron chi connectivity index (χ3n) is 3.61. The Morgan fingerprint density at radius 1 is 1.14 bits per heavy atom. The number of aromatic nitrogens is 1. The first kappa shape index (κ1) is 13.7. The molecule has 1 saturated heterocycles. The summed E-state index contributed by atoms with van der Waals surface area (Å²) in [7, 11) is 0. The lowest BCUT2D eigenvalue weighted by Gasteiger charge is -2.05. The summed E-state index contributed by atoms with van der Waals surface area (Å²) in [5.74, 6) is 7.39. The Morgan fingerprint density at radius 2 is 1.95 bits per heavy atom. The Kier molecular flexibility index (Phi) is 4.55. The van der Waals surface area contributed by atoms with Gasteiger partial charge in [0.1, 0.15) is 6.54 Å². The summed E-state index contributed by atoms with van der Waals surface area (Å²) in [6.07, 6.45) is 2.66. The molecule has 0 atom stereocenters. The number of hydrogen-bond acceptors (Lipinski definition) is 3. The quantitative estimate of drug-likeness (QED) is 0.862. The van der Waals surface area contributed by atoms with Gasteiger partial charge in [-0.05, 0) is 11.1 Å². The lowest BCUT2D eigenvalue weighted by Crippen LogP contribution is -3.09. The van der Waals surface area contributed by atoms with Crippen LogP contribution in [0.25, 0.3) is 11.3 Å². The van der Waals surface area contributed by atoms with Crippen LogP contribution in [0.5, 0.6) is 5.88 Å². The molecule has 0 aliphatic carbocycles. The van der Waals surface area contributed by atoms with Gasteiger partial charge in [0.2, 0.25) is 0 Å². The molecule has 1 N–H and O–H groups in total. The van der Waals surface area contributed by atoms with Crippen LogP contribution in [-0.4, -0.2) is 31.4 Å². The van der Waals surface area contributed by atoms with Crippen LogP contribution < -0.4 is 9.64 Å². The molecule has 0 saturated carbocycles. The maximum absolute atomic E-state index is 5.49. The molecular weight excluding hydrogens is 264 g/mol. The van der Waals surface area contributed by atoms with Gasteiger partial charge in [-0.2, -0.15) is 0 Å². The number of hydrogen-bond donors (Lipinski definition) is 1. The van der Waals surface area contributed by atoms with Gasteiger partial charge in [0.25, 0.3) is 5.88 Å². The summed E-state index contributed by atoms with van der Waals surface area (Å²) in [6, 6.07) is 11.6. The van der Waals surface area contributed by atoms with E-state index in [1.165, 1.54) is 25.9 Å². The Labute approximate surface area is 124 Å². The van der Waals surface area contributed by atoms with E-state index in [1.54, 1.807) is 11.0 Å². The largest absolute Gasteiger partial charge is 0.462 e. The fourth-order valence-corrected chi connectivity index (χ4v) is 2.47. The molecule has 1 aliphatic rings. The summed E-state index contributed by atoms with van der Waals surface area (Å²) in [5, 5.41) is 3.90. The van der Waals surface area contributed by atoms with Crippen molar-refractivity contribution in [3.8, 4) is 29.0 Å². The average molecular weight is 283 g/mol. The summed E-state index contributed by atoms with van der Waals surface area (Å²) >= 11 is 0. The van der Waals surface area contributed by atoms with Crippen molar-refractivity contribution in [1.82, 2.24) is 5.16 Å². The van der Waals surface area contributed by atoms with Crippen LogP contribution >= 0.6 is 0 Å². The van der Waals surface area contributed by atoms with Gasteiger partial charge in [-0.25, -0.2) is 0 Å². The molecule has 2 aromatic rings. The van der Waals surface area contributed by atoms with E-state index in [0.29, 0.717) is 18.2 Å². The summed E-state index contributed by atoms with van der Waals surface area (Å²) in [4.78, 5) is 1.58. The van der Waals surface area contributed by atoms with E-state index in [1.807, 2.05) is 30.3 Å². The fraction of sp³-hybridized carbons (Fsp3) is 0.353. The zero-order valence-corrected chi connectivity index (χ0v) is 12.0. The van der Waals surface area contributed by atoms with Gasteiger partial charge in [-0.15, -0.1) is 0 Å². The van der Waals surface area contributed by atoms with Crippen LogP contribution in [0.15, 0.2) is 40.9 Å². The van der Waals surface area contributed by atoms with Crippen LogP contribution in [0.2, 0.25) is 0 Å². The van der Waals surface area contributed by atoms with E-state index >= 15 is 0 Å². The van der Waals surface area contributed by atoms with Gasteiger partial charge < -0.3 is 14.2 Å². The molecule has 1 aromatic carbocycles. The smallest absolute Gasteiger partial charge is 0.255 e. The Morgan fingerprint density at radius 3 is 2.76 bits per heavy atom. The number of likely N-dealkylation sites (tertiary alicyclic amines) is 1. The van der Waals surface area contributed by atoms with Crippen molar-refractivity contribution in [3.63, 3.8) is 0 Å². The van der Waals surface area contributed by atoms with Crippen molar-refractivity contribution in [1.29, 1.82) is 0 Å². The zero-order chi connectivity index (χ0) is 14.3. The van der Waals surface area contributed by atoms with E-state index < -0.39 is 0 Å². The van der Waals surface area contributed by atoms with Gasteiger partial charge in [0.05, 0.1) is 13.1 Å². The van der Waals surface area contributed by atoms with Crippen molar-refractivity contribution in [2.45, 2.75) is 12.8 Å². The van der Waals surface area contributed by atoms with Gasteiger partial charge >= 0.3 is 0 Å². The fourth-order valence-electron chi connectivity index (χ4n) is 2.47. The first-order chi connectivity index (χ1) is 10.4. The normalized spacial score (nSPS) is 14.7. The number of benzene rings is 1. The number of nitrogens with zero attached hydrogens (tertiary/aromatic N) is 1. The molecular formula is C17H19N2O2+. The Balaban J connectivity index is 1.48. The third-order valence-corrected chi connectivity index (χ3v) is 3.61. The van der Waals surface area contributed by atoms with Crippen LogP contribution in [0, 0.1) is 11.8 Å². The standard InChI is InChI=1S/C17H18N2O2/c1-2-8-15(9-3-1)16-14-17(18-21-16)20-13-7-6-12-19-10-4-5-11-19/h1-3,8-9,14H,4-5,10-13H2/p+1. The van der Waals surface area contributed by atoms with Crippen molar-refractivity contribution in [3.05, 3.63) is 36.4 Å². The van der Waals surface area contributed by atoms with Gasteiger partial charge in [-0.1, -0.05) is 36.3 Å². The van der Waals surface area contributed by atoms with Crippen LogP contribution in [0.1, 0.15) is 12.8 Å². The van der Waals surface area contributed by atoms with Crippen LogP contribution in [0.3, 0.4) is 0 Å². The topological polar surface area (TPSA) is 39.7 Å². The molecule has 0 unspecified atom stereocenters. The lowest BCUT2D eigenvalue weighted by atomic mass is 10.2. The number of rotatable bonds is 4. The van der Waals surface area contributed by atoms with Crippen molar-refractivity contribution in [2.75, 3.05) is 26.2 Å². The molecule has 21 heavy (non-hydrogen) atoms. The van der Waals surface area contributed by atoms with Crippen molar-refractivity contribution < 1.29 is 14.2 Å². The molecule has 4 nitrogen and oxygen atoms in total. The monoisotopic (exact) mass is 283 g/mol. The predicted molar refractivity (Wildman–Crippen MR) is 80.0 cm³/mol. The highest BCUT2D eigenvalue weighted by molar-refractivity contribution is 5.57. The van der Waals surface area contributed by atoms with E-state index in [-0.39, 0.29) is 0 Å². The molecule has 2 heterocycles. The SMILES string of the molecule is C(#CC[NH+]1CCCC1)COc1cc(-c2ccccc2)on1. The second-order valence-electron chi connectivity index (χ2n) is 5.17. The first-order valence-electron chi connectivity index (χ1n) is 7.36. The third kappa shape index (κ3) is 3.87. The van der Waals surface area contributed by atoms with Gasteiger partial charge in [0, 0.05) is 24.5 Å². The predicted octanol–water partition coefficient (Wildman–Crippen LogP) is 1.40. The molecule has 3 rings (SSSR count). The first-order valence-corrected chi connectivity index (χ1v) is 7.36. The molecule has 0 radical (unpaired) electrons. The van der Waals surface area contributed by atoms with Gasteiger partial charge in [0.15, 0.2) is 12.4 Å². The van der Waals surface area contributed by atoms with E-state index in [4.69, 9.17) is 9.26 Å². The molecule has 1 aliphatic heterocycles. The summed E-state index contributed by atoms with van der Waals surface area (Å²) in [6.45, 7) is 3.77. The number of ether oxygens (including phenoxy) is 1. The molecule has 0 amide bonds. The second kappa shape index (κ2) is 6.96. The average Bonchev–Trinajstić information content (AvgIpc) is 3.19. The van der Waals surface area contributed by atoms with E-state index in [9.17, 15) is 0 Å². The summed E-state index contributed by atoms with van der Waals surface area (Å²) < 4.78 is 10.7. The molecule has 0 spiro atoms. The molecule has 1 fully saturated rings. The highest BCUT2D eigenvalue weighted by Gasteiger charge is 2.12. The minimum atomic E-state index is 0.355. The van der Waals surface area contributed by atoms with Gasteiger partial charge in [-0.3, -0.25) is 0 Å². The Bertz CT molecular complexity index is 619. The highest BCUT2D eigenvalue weighted by atomic mass is 16.5. The summed E-state index contributed by atoms with van der Waals surface area (Å²) in [5.41, 5.74) is 0.989. The minimum absolute atomic E-state index is 0.355. The van der Waals surface area contributed by atoms with Crippen molar-refractivity contribution in [2.24, 2.45) is 0 Å². The van der Waals surface area contributed by atoms with E-state index in [2.05, 4.69) is 17.0 Å². The number of nitrogens with one attached hydrogen (secondary N) is 1. The molecule has 1 aromatic heterocycles. The Hall–Kier alpha value is -2.25. The molecule has 0 bridgehead atoms. The molecule has 108 valence electrons. The molecule has 4 heteroatoms. The zero-order valence-electron chi connectivity index (χ0n) is 12.0. The highest BCUT2D eigenvalue weighted by Crippen LogP contribution is 2.22. The number of quaternary nitrogens is 1. The lowest BCUT2D eigenvalue weighted by molar-refractivity contribution is -0.879. The minimum Gasteiger partial charge on any atom is -0.462 e. The van der Waals surface area contributed by atoms with Crippen molar-refractivity contribution >= 4 is 0 Å². The van der Waals surface area contributed by atoms with E-state index in [0.717, 1.165) is 12.1 Å². The van der Waals surface area contributed by atoms with Crippen LogP contribution in [0.4, 0.5) is 0 Å². The maximum Gasteiger partial charge on any atom is 0.255 e. The van der Waals surface area contributed by atoms with Crippen LogP contribution in [-0.2, 0) is 0 Å². The second-order valence-corrected chi connectivity index (χ2v) is 5.17. The maximum atomic E-state index is 5.49.